The molecule has 94 valence electrons. The van der Waals surface area contributed by atoms with Crippen LogP contribution in [-0.2, 0) is 6.42 Å². The lowest BCUT2D eigenvalue weighted by Crippen LogP contribution is -2.37. The molecule has 1 aromatic carbocycles. The summed E-state index contributed by atoms with van der Waals surface area (Å²) >= 11 is 5.83. The second kappa shape index (κ2) is 4.41. The van der Waals surface area contributed by atoms with E-state index in [-0.39, 0.29) is 5.60 Å². The Labute approximate surface area is 108 Å². The van der Waals surface area contributed by atoms with Crippen LogP contribution in [0.1, 0.15) is 36.5 Å². The molecular formula is C14H19ClO2. The third-order valence-electron chi connectivity index (χ3n) is 3.78. The van der Waals surface area contributed by atoms with Gasteiger partial charge in [0, 0.05) is 12.3 Å². The molecule has 1 aliphatic heterocycles. The predicted octanol–water partition coefficient (Wildman–Crippen LogP) is 3.72. The van der Waals surface area contributed by atoms with E-state index in [1.807, 2.05) is 19.9 Å². The monoisotopic (exact) mass is 254 g/mol. The van der Waals surface area contributed by atoms with Crippen molar-refractivity contribution in [3.63, 3.8) is 0 Å². The topological polar surface area (TPSA) is 29.5 Å². The zero-order chi connectivity index (χ0) is 12.6. The molecule has 0 spiro atoms. The van der Waals surface area contributed by atoms with Crippen LogP contribution in [-0.4, -0.2) is 16.6 Å². The number of hydrogen-bond donors (Lipinski definition) is 1. The van der Waals surface area contributed by atoms with E-state index >= 15 is 0 Å². The smallest absolute Gasteiger partial charge is 0.126 e. The molecule has 1 unspecified atom stereocenters. The summed E-state index contributed by atoms with van der Waals surface area (Å²) in [5.41, 5.74) is 2.89. The van der Waals surface area contributed by atoms with Crippen LogP contribution in [0, 0.1) is 13.8 Å². The van der Waals surface area contributed by atoms with Gasteiger partial charge in [-0.15, -0.1) is 11.6 Å². The zero-order valence-corrected chi connectivity index (χ0v) is 11.4. The fourth-order valence-corrected chi connectivity index (χ4v) is 2.74. The van der Waals surface area contributed by atoms with Crippen molar-refractivity contribution < 1.29 is 9.84 Å². The minimum absolute atomic E-state index is 0.164. The highest BCUT2D eigenvalue weighted by atomic mass is 35.5. The lowest BCUT2D eigenvalue weighted by Gasteiger charge is -2.36. The van der Waals surface area contributed by atoms with Crippen molar-refractivity contribution in [3.05, 3.63) is 22.8 Å². The summed E-state index contributed by atoms with van der Waals surface area (Å²) in [6, 6.07) is 1.83. The average molecular weight is 255 g/mol. The van der Waals surface area contributed by atoms with E-state index < -0.39 is 0 Å². The summed E-state index contributed by atoms with van der Waals surface area (Å²) in [4.78, 5) is 0. The molecule has 1 heterocycles. The molecule has 17 heavy (non-hydrogen) atoms. The van der Waals surface area contributed by atoms with E-state index in [1.165, 1.54) is 0 Å². The molecular weight excluding hydrogens is 236 g/mol. The quantitative estimate of drug-likeness (QED) is 0.815. The molecule has 0 fully saturated rings. The standard InChI is InChI=1S/C14H19ClO2/c1-9-10(2)13-11(8-12(9)16)4-5-14(3,17-13)6-7-15/h8,16H,4-7H2,1-3H3. The molecule has 0 saturated carbocycles. The Hall–Kier alpha value is -0.890. The predicted molar refractivity (Wildman–Crippen MR) is 70.3 cm³/mol. The molecule has 0 bridgehead atoms. The van der Waals surface area contributed by atoms with Crippen molar-refractivity contribution >= 4 is 11.6 Å². The largest absolute Gasteiger partial charge is 0.508 e. The van der Waals surface area contributed by atoms with Crippen molar-refractivity contribution in [3.8, 4) is 11.5 Å². The van der Waals surface area contributed by atoms with Gasteiger partial charge in [0.2, 0.25) is 0 Å². The number of phenols is 1. The third-order valence-corrected chi connectivity index (χ3v) is 3.97. The van der Waals surface area contributed by atoms with Gasteiger partial charge in [0.05, 0.1) is 0 Å². The third kappa shape index (κ3) is 2.23. The summed E-state index contributed by atoms with van der Waals surface area (Å²) in [5, 5.41) is 9.81. The van der Waals surface area contributed by atoms with Crippen LogP contribution in [0.4, 0.5) is 0 Å². The molecule has 1 atom stereocenters. The van der Waals surface area contributed by atoms with Crippen molar-refractivity contribution in [2.24, 2.45) is 0 Å². The van der Waals surface area contributed by atoms with Gasteiger partial charge in [-0.2, -0.15) is 0 Å². The highest BCUT2D eigenvalue weighted by molar-refractivity contribution is 6.17. The van der Waals surface area contributed by atoms with Crippen LogP contribution in [0.3, 0.4) is 0 Å². The van der Waals surface area contributed by atoms with Crippen molar-refractivity contribution in [2.45, 2.75) is 45.6 Å². The van der Waals surface area contributed by atoms with Crippen LogP contribution >= 0.6 is 11.6 Å². The number of ether oxygens (including phenoxy) is 1. The van der Waals surface area contributed by atoms with Crippen LogP contribution in [0.25, 0.3) is 0 Å². The van der Waals surface area contributed by atoms with Gasteiger partial charge in [0.1, 0.15) is 17.1 Å². The van der Waals surface area contributed by atoms with Crippen molar-refractivity contribution in [1.29, 1.82) is 0 Å². The Balaban J connectivity index is 2.41. The van der Waals surface area contributed by atoms with E-state index in [9.17, 15) is 5.11 Å². The fourth-order valence-electron chi connectivity index (χ4n) is 2.34. The maximum atomic E-state index is 9.81. The molecule has 0 radical (unpaired) electrons. The number of halogens is 1. The van der Waals surface area contributed by atoms with Gasteiger partial charge in [-0.3, -0.25) is 0 Å². The van der Waals surface area contributed by atoms with Gasteiger partial charge in [-0.05, 0) is 56.4 Å². The summed E-state index contributed by atoms with van der Waals surface area (Å²) in [6.45, 7) is 6.03. The van der Waals surface area contributed by atoms with E-state index in [2.05, 4.69) is 6.92 Å². The summed E-state index contributed by atoms with van der Waals surface area (Å²) in [6.07, 6.45) is 2.75. The molecule has 2 rings (SSSR count). The minimum atomic E-state index is -0.164. The first-order valence-corrected chi connectivity index (χ1v) is 6.57. The Bertz CT molecular complexity index is 442. The Morgan fingerprint density at radius 3 is 2.76 bits per heavy atom. The highest BCUT2D eigenvalue weighted by Gasteiger charge is 2.32. The molecule has 1 N–H and O–H groups in total. The molecule has 2 nitrogen and oxygen atoms in total. The normalized spacial score (nSPS) is 23.1. The number of rotatable bonds is 2. The zero-order valence-electron chi connectivity index (χ0n) is 10.6. The van der Waals surface area contributed by atoms with E-state index in [1.54, 1.807) is 0 Å². The Morgan fingerprint density at radius 2 is 2.12 bits per heavy atom. The van der Waals surface area contributed by atoms with Gasteiger partial charge in [-0.25, -0.2) is 0 Å². The van der Waals surface area contributed by atoms with Gasteiger partial charge in [0.25, 0.3) is 0 Å². The van der Waals surface area contributed by atoms with Crippen LogP contribution < -0.4 is 4.74 Å². The lowest BCUT2D eigenvalue weighted by atomic mass is 9.88. The van der Waals surface area contributed by atoms with Crippen molar-refractivity contribution in [1.82, 2.24) is 0 Å². The first-order valence-electron chi connectivity index (χ1n) is 6.04. The molecule has 1 aliphatic rings. The number of fused-ring (bicyclic) bond motifs is 1. The number of hydrogen-bond acceptors (Lipinski definition) is 2. The first kappa shape index (κ1) is 12.6. The van der Waals surface area contributed by atoms with Gasteiger partial charge in [0.15, 0.2) is 0 Å². The van der Waals surface area contributed by atoms with Crippen molar-refractivity contribution in [2.75, 3.05) is 5.88 Å². The van der Waals surface area contributed by atoms with Gasteiger partial charge < -0.3 is 9.84 Å². The molecule has 0 aromatic heterocycles. The SMILES string of the molecule is Cc1c(O)cc2c(c1C)OC(C)(CCCl)CC2. The molecule has 3 heteroatoms. The number of aromatic hydroxyl groups is 1. The highest BCUT2D eigenvalue weighted by Crippen LogP contribution is 2.41. The fraction of sp³-hybridized carbons (Fsp3) is 0.571. The molecule has 0 aliphatic carbocycles. The number of aryl methyl sites for hydroxylation is 1. The van der Waals surface area contributed by atoms with Gasteiger partial charge in [-0.1, -0.05) is 0 Å². The second-order valence-electron chi connectivity index (χ2n) is 5.12. The molecule has 1 aromatic rings. The van der Waals surface area contributed by atoms with Gasteiger partial charge >= 0.3 is 0 Å². The molecule has 0 amide bonds. The number of benzene rings is 1. The molecule has 0 saturated heterocycles. The summed E-state index contributed by atoms with van der Waals surface area (Å²) in [5.74, 6) is 1.92. The Kier molecular flexibility index (Phi) is 3.26. The maximum absolute atomic E-state index is 9.81. The van der Waals surface area contributed by atoms with E-state index in [0.717, 1.165) is 41.7 Å². The number of alkyl halides is 1. The van der Waals surface area contributed by atoms with Crippen LogP contribution in [0.2, 0.25) is 0 Å². The lowest BCUT2D eigenvalue weighted by molar-refractivity contribution is 0.0609. The summed E-state index contributed by atoms with van der Waals surface area (Å²) in [7, 11) is 0. The first-order chi connectivity index (χ1) is 7.97. The van der Waals surface area contributed by atoms with E-state index in [0.29, 0.717) is 11.6 Å². The maximum Gasteiger partial charge on any atom is 0.126 e. The second-order valence-corrected chi connectivity index (χ2v) is 5.50. The summed E-state index contributed by atoms with van der Waals surface area (Å²) < 4.78 is 6.13. The Morgan fingerprint density at radius 1 is 1.41 bits per heavy atom. The average Bonchev–Trinajstić information content (AvgIpc) is 2.28. The van der Waals surface area contributed by atoms with E-state index in [4.69, 9.17) is 16.3 Å². The van der Waals surface area contributed by atoms with Crippen LogP contribution in [0.15, 0.2) is 6.07 Å². The number of phenolic OH excluding ortho intramolecular Hbond substituents is 1. The minimum Gasteiger partial charge on any atom is -0.508 e. The van der Waals surface area contributed by atoms with Crippen LogP contribution in [0.5, 0.6) is 11.5 Å².